The van der Waals surface area contributed by atoms with Crippen molar-refractivity contribution in [3.05, 3.63) is 51.2 Å². The molecule has 0 amide bonds. The van der Waals surface area contributed by atoms with E-state index in [1.54, 1.807) is 36.6 Å². The highest BCUT2D eigenvalue weighted by atomic mass is 32.2. The molecule has 0 aliphatic rings. The van der Waals surface area contributed by atoms with Crippen molar-refractivity contribution in [3.8, 4) is 0 Å². The summed E-state index contributed by atoms with van der Waals surface area (Å²) in [4.78, 5) is 12.4. The number of benzene rings is 1. The van der Waals surface area contributed by atoms with E-state index in [9.17, 15) is 18.3 Å². The van der Waals surface area contributed by atoms with Crippen molar-refractivity contribution in [1.82, 2.24) is 0 Å². The summed E-state index contributed by atoms with van der Waals surface area (Å²) < 4.78 is 37.6. The number of aliphatic hydroxyl groups is 1. The number of aliphatic hydroxyl groups excluding tert-OH is 1. The van der Waals surface area contributed by atoms with Gasteiger partial charge in [-0.15, -0.1) is 11.3 Å². The van der Waals surface area contributed by atoms with Crippen molar-refractivity contribution >= 4 is 33.0 Å². The third-order valence-corrected chi connectivity index (χ3v) is 6.06. The third-order valence-electron chi connectivity index (χ3n) is 3.75. The molecule has 148 valence electrons. The number of carbonyl (C=O) groups excluding carboxylic acids is 1. The smallest absolute Gasteiger partial charge is 0.339 e. The zero-order valence-corrected chi connectivity index (χ0v) is 17.0. The Bertz CT molecular complexity index is 891. The molecule has 27 heavy (non-hydrogen) atoms. The lowest BCUT2D eigenvalue weighted by molar-refractivity contribution is -0.0719. The molecule has 1 aromatic heterocycles. The van der Waals surface area contributed by atoms with Crippen LogP contribution in [0.15, 0.2) is 29.6 Å². The van der Waals surface area contributed by atoms with Gasteiger partial charge >= 0.3 is 5.97 Å². The summed E-state index contributed by atoms with van der Waals surface area (Å²) in [7, 11) is -2.40. The lowest BCUT2D eigenvalue weighted by Crippen LogP contribution is -2.19. The predicted molar refractivity (Wildman–Crippen MR) is 104 cm³/mol. The number of nitrogens with one attached hydrogen (secondary N) is 1. The number of anilines is 1. The Hall–Kier alpha value is -1.94. The average molecular weight is 414 g/mol. The molecule has 1 unspecified atom stereocenters. The Balaban J connectivity index is 2.23. The lowest BCUT2D eigenvalue weighted by Gasteiger charge is -2.15. The molecular formula is C18H23NO6S2. The van der Waals surface area contributed by atoms with E-state index in [-0.39, 0.29) is 24.3 Å². The molecule has 1 atom stereocenters. The summed E-state index contributed by atoms with van der Waals surface area (Å²) in [5, 5.41) is 11.4. The van der Waals surface area contributed by atoms with E-state index in [0.717, 1.165) is 5.56 Å². The molecule has 0 radical (unpaired) electrons. The SMILES string of the molecule is CCOC(=O)c1ccsc1CS(=O)(=O)Nc1ccc(C)cc1CC(O)OC. The van der Waals surface area contributed by atoms with Crippen LogP contribution in [0.5, 0.6) is 0 Å². The van der Waals surface area contributed by atoms with Crippen molar-refractivity contribution in [3.63, 3.8) is 0 Å². The lowest BCUT2D eigenvalue weighted by atomic mass is 10.1. The van der Waals surface area contributed by atoms with Gasteiger partial charge in [-0.25, -0.2) is 13.2 Å². The molecule has 0 spiro atoms. The largest absolute Gasteiger partial charge is 0.462 e. The molecule has 1 aromatic carbocycles. The molecule has 1 heterocycles. The molecule has 0 bridgehead atoms. The van der Waals surface area contributed by atoms with Crippen molar-refractivity contribution in [2.45, 2.75) is 32.3 Å². The minimum atomic E-state index is -3.78. The van der Waals surface area contributed by atoms with Gasteiger partial charge in [0, 0.05) is 18.4 Å². The molecule has 7 nitrogen and oxygen atoms in total. The van der Waals surface area contributed by atoms with Crippen molar-refractivity contribution in [1.29, 1.82) is 0 Å². The second kappa shape index (κ2) is 9.32. The summed E-state index contributed by atoms with van der Waals surface area (Å²) in [6.07, 6.45) is -0.897. The van der Waals surface area contributed by atoms with Crippen LogP contribution in [-0.2, 0) is 31.7 Å². The molecule has 0 aliphatic carbocycles. The van der Waals surface area contributed by atoms with Crippen LogP contribution < -0.4 is 4.72 Å². The molecular weight excluding hydrogens is 390 g/mol. The molecule has 0 aliphatic heterocycles. The van der Waals surface area contributed by atoms with Gasteiger partial charge in [-0.05, 0) is 36.9 Å². The zero-order chi connectivity index (χ0) is 20.0. The number of methoxy groups -OCH3 is 1. The zero-order valence-electron chi connectivity index (χ0n) is 15.4. The minimum absolute atomic E-state index is 0.142. The van der Waals surface area contributed by atoms with Crippen LogP contribution in [0.1, 0.15) is 33.3 Å². The maximum atomic E-state index is 12.6. The van der Waals surface area contributed by atoms with E-state index in [4.69, 9.17) is 9.47 Å². The van der Waals surface area contributed by atoms with E-state index < -0.39 is 22.3 Å². The van der Waals surface area contributed by atoms with E-state index in [2.05, 4.69) is 4.72 Å². The fraction of sp³-hybridized carbons (Fsp3) is 0.389. The first-order valence-electron chi connectivity index (χ1n) is 8.30. The van der Waals surface area contributed by atoms with Gasteiger partial charge in [-0.3, -0.25) is 4.72 Å². The fourth-order valence-corrected chi connectivity index (χ4v) is 4.97. The normalized spacial score (nSPS) is 12.6. The van der Waals surface area contributed by atoms with Crippen LogP contribution in [0.4, 0.5) is 5.69 Å². The average Bonchev–Trinajstić information content (AvgIpc) is 3.04. The summed E-state index contributed by atoms with van der Waals surface area (Å²) in [5.74, 6) is -0.887. The molecule has 9 heteroatoms. The Morgan fingerprint density at radius 1 is 1.33 bits per heavy atom. The van der Waals surface area contributed by atoms with E-state index in [1.807, 2.05) is 6.92 Å². The Morgan fingerprint density at radius 2 is 2.07 bits per heavy atom. The summed E-state index contributed by atoms with van der Waals surface area (Å²) in [6.45, 7) is 3.78. The number of ether oxygens (including phenoxy) is 2. The number of aryl methyl sites for hydroxylation is 1. The standard InChI is InChI=1S/C18H23NO6S2/c1-4-25-18(21)14-7-8-26-16(14)11-27(22,23)19-15-6-5-12(2)9-13(15)10-17(20)24-3/h5-9,17,19-20H,4,10-11H2,1-3H3. The van der Waals surface area contributed by atoms with Crippen LogP contribution in [-0.4, -0.2) is 39.5 Å². The van der Waals surface area contributed by atoms with Gasteiger partial charge in [0.1, 0.15) is 5.75 Å². The van der Waals surface area contributed by atoms with E-state index >= 15 is 0 Å². The quantitative estimate of drug-likeness (QED) is 0.484. The first-order valence-corrected chi connectivity index (χ1v) is 10.8. The third kappa shape index (κ3) is 6.03. The summed E-state index contributed by atoms with van der Waals surface area (Å²) >= 11 is 1.18. The number of hydrogen-bond donors (Lipinski definition) is 2. The van der Waals surface area contributed by atoms with Crippen molar-refractivity contribution in [2.24, 2.45) is 0 Å². The highest BCUT2D eigenvalue weighted by Crippen LogP contribution is 2.25. The van der Waals surface area contributed by atoms with Gasteiger partial charge in [0.05, 0.1) is 17.9 Å². The van der Waals surface area contributed by atoms with Crippen LogP contribution in [0.3, 0.4) is 0 Å². The molecule has 0 fully saturated rings. The number of rotatable bonds is 9. The fourth-order valence-electron chi connectivity index (χ4n) is 2.48. The maximum absolute atomic E-state index is 12.6. The van der Waals surface area contributed by atoms with E-state index in [0.29, 0.717) is 16.1 Å². The number of thiophene rings is 1. The van der Waals surface area contributed by atoms with E-state index in [1.165, 1.54) is 18.4 Å². The first-order chi connectivity index (χ1) is 12.8. The van der Waals surface area contributed by atoms with Crippen LogP contribution in [0, 0.1) is 6.92 Å². The minimum Gasteiger partial charge on any atom is -0.462 e. The predicted octanol–water partition coefficient (Wildman–Crippen LogP) is 2.68. The van der Waals surface area contributed by atoms with Gasteiger partial charge in [-0.2, -0.15) is 0 Å². The number of esters is 1. The highest BCUT2D eigenvalue weighted by molar-refractivity contribution is 7.92. The highest BCUT2D eigenvalue weighted by Gasteiger charge is 2.21. The van der Waals surface area contributed by atoms with Crippen LogP contribution in [0.2, 0.25) is 0 Å². The molecule has 2 rings (SSSR count). The number of sulfonamides is 1. The Kier molecular flexibility index (Phi) is 7.37. The Morgan fingerprint density at radius 3 is 2.74 bits per heavy atom. The Labute approximate surface area is 163 Å². The van der Waals surface area contributed by atoms with Gasteiger partial charge in [-0.1, -0.05) is 17.7 Å². The van der Waals surface area contributed by atoms with Crippen molar-refractivity contribution < 1.29 is 27.8 Å². The maximum Gasteiger partial charge on any atom is 0.339 e. The second-order valence-corrected chi connectivity index (χ2v) is 8.62. The number of carbonyl (C=O) groups is 1. The van der Waals surface area contributed by atoms with Crippen molar-refractivity contribution in [2.75, 3.05) is 18.4 Å². The summed E-state index contributed by atoms with van der Waals surface area (Å²) in [6, 6.07) is 6.76. The number of hydrogen-bond acceptors (Lipinski definition) is 7. The molecule has 0 saturated carbocycles. The monoisotopic (exact) mass is 413 g/mol. The molecule has 2 N–H and O–H groups in total. The topological polar surface area (TPSA) is 102 Å². The summed E-state index contributed by atoms with van der Waals surface area (Å²) in [5.41, 5.74) is 2.17. The molecule has 2 aromatic rings. The first kappa shape index (κ1) is 21.4. The second-order valence-electron chi connectivity index (χ2n) is 5.89. The van der Waals surface area contributed by atoms with Gasteiger partial charge in [0.2, 0.25) is 10.0 Å². The van der Waals surface area contributed by atoms with Gasteiger partial charge < -0.3 is 14.6 Å². The van der Waals surface area contributed by atoms with Crippen LogP contribution >= 0.6 is 11.3 Å². The van der Waals surface area contributed by atoms with Gasteiger partial charge in [0.15, 0.2) is 6.29 Å². The van der Waals surface area contributed by atoms with Crippen LogP contribution in [0.25, 0.3) is 0 Å². The molecule has 0 saturated heterocycles. The van der Waals surface area contributed by atoms with Gasteiger partial charge in [0.25, 0.3) is 0 Å².